The Kier molecular flexibility index (Phi) is 3.91. The largest absolute Gasteiger partial charge is 0.240 e. The van der Waals surface area contributed by atoms with Gasteiger partial charge in [-0.1, -0.05) is 48.5 Å². The minimum atomic E-state index is -0.0386. The van der Waals surface area contributed by atoms with Crippen LogP contribution in [-0.2, 0) is 11.8 Å². The van der Waals surface area contributed by atoms with Crippen LogP contribution in [0, 0.1) is 13.8 Å². The van der Waals surface area contributed by atoms with Gasteiger partial charge in [-0.2, -0.15) is 0 Å². The molecule has 0 saturated heterocycles. The minimum Gasteiger partial charge on any atom is -0.240 e. The van der Waals surface area contributed by atoms with Crippen LogP contribution in [-0.4, -0.2) is 9.97 Å². The molecule has 1 aliphatic rings. The molecular formula is C23H24N2. The lowest BCUT2D eigenvalue weighted by atomic mass is 9.69. The molecule has 1 unspecified atom stereocenters. The highest BCUT2D eigenvalue weighted by Crippen LogP contribution is 2.44. The SMILES string of the molecule is Cc1cccc(C)c1-c1ncnc2c1CCCC2(C)c1ccccc1. The van der Waals surface area contributed by atoms with E-state index in [2.05, 4.69) is 69.3 Å². The van der Waals surface area contributed by atoms with Gasteiger partial charge in [0.1, 0.15) is 6.33 Å². The van der Waals surface area contributed by atoms with Gasteiger partial charge in [-0.25, -0.2) is 9.97 Å². The average Bonchev–Trinajstić information content (AvgIpc) is 2.63. The van der Waals surface area contributed by atoms with Crippen LogP contribution in [0.3, 0.4) is 0 Å². The lowest BCUT2D eigenvalue weighted by molar-refractivity contribution is 0.449. The van der Waals surface area contributed by atoms with E-state index in [4.69, 9.17) is 9.97 Å². The Morgan fingerprint density at radius 2 is 1.60 bits per heavy atom. The van der Waals surface area contributed by atoms with Crippen molar-refractivity contribution in [3.8, 4) is 11.3 Å². The van der Waals surface area contributed by atoms with E-state index >= 15 is 0 Å². The van der Waals surface area contributed by atoms with E-state index < -0.39 is 0 Å². The summed E-state index contributed by atoms with van der Waals surface area (Å²) < 4.78 is 0. The van der Waals surface area contributed by atoms with Crippen molar-refractivity contribution >= 4 is 0 Å². The number of fused-ring (bicyclic) bond motifs is 1. The molecule has 1 aromatic heterocycles. The van der Waals surface area contributed by atoms with Gasteiger partial charge >= 0.3 is 0 Å². The van der Waals surface area contributed by atoms with Crippen molar-refractivity contribution in [3.63, 3.8) is 0 Å². The monoisotopic (exact) mass is 328 g/mol. The molecule has 1 aliphatic carbocycles. The molecule has 0 bridgehead atoms. The highest BCUT2D eigenvalue weighted by molar-refractivity contribution is 5.71. The van der Waals surface area contributed by atoms with E-state index in [0.717, 1.165) is 18.5 Å². The Morgan fingerprint density at radius 3 is 2.32 bits per heavy atom. The third-order valence-electron chi connectivity index (χ3n) is 5.70. The summed E-state index contributed by atoms with van der Waals surface area (Å²) in [6, 6.07) is 17.3. The van der Waals surface area contributed by atoms with Crippen LogP contribution >= 0.6 is 0 Å². The Morgan fingerprint density at radius 1 is 0.880 bits per heavy atom. The number of aryl methyl sites for hydroxylation is 2. The molecule has 126 valence electrons. The number of hydrogen-bond donors (Lipinski definition) is 0. The number of hydrogen-bond acceptors (Lipinski definition) is 2. The van der Waals surface area contributed by atoms with Crippen LogP contribution in [0.5, 0.6) is 0 Å². The van der Waals surface area contributed by atoms with Crippen molar-refractivity contribution in [2.45, 2.75) is 45.4 Å². The molecule has 1 heterocycles. The highest BCUT2D eigenvalue weighted by atomic mass is 14.9. The van der Waals surface area contributed by atoms with Gasteiger partial charge in [-0.15, -0.1) is 0 Å². The predicted octanol–water partition coefficient (Wildman–Crippen LogP) is 5.40. The molecule has 0 aliphatic heterocycles. The second-order valence-electron chi connectivity index (χ2n) is 7.37. The zero-order valence-corrected chi connectivity index (χ0v) is 15.2. The quantitative estimate of drug-likeness (QED) is 0.629. The van der Waals surface area contributed by atoms with E-state index in [1.807, 2.05) is 0 Å². The summed E-state index contributed by atoms with van der Waals surface area (Å²) in [6.07, 6.45) is 5.12. The van der Waals surface area contributed by atoms with Crippen molar-refractivity contribution in [2.75, 3.05) is 0 Å². The van der Waals surface area contributed by atoms with Gasteiger partial charge in [0.05, 0.1) is 11.4 Å². The Bertz CT molecular complexity index is 894. The summed E-state index contributed by atoms with van der Waals surface area (Å²) in [7, 11) is 0. The standard InChI is InChI=1S/C23H24N2/c1-16-9-7-10-17(2)20(16)21-19-13-8-14-23(3,22(19)25-15-24-21)18-11-5-4-6-12-18/h4-7,9-12,15H,8,13-14H2,1-3H3. The molecule has 0 radical (unpaired) electrons. The average molecular weight is 328 g/mol. The summed E-state index contributed by atoms with van der Waals surface area (Å²) in [5, 5.41) is 0. The van der Waals surface area contributed by atoms with Crippen LogP contribution in [0.1, 0.15) is 47.7 Å². The van der Waals surface area contributed by atoms with Gasteiger partial charge in [0.25, 0.3) is 0 Å². The normalized spacial score (nSPS) is 19.5. The number of nitrogens with zero attached hydrogens (tertiary/aromatic N) is 2. The van der Waals surface area contributed by atoms with E-state index in [1.54, 1.807) is 6.33 Å². The fourth-order valence-corrected chi connectivity index (χ4v) is 4.35. The molecule has 0 fully saturated rings. The number of rotatable bonds is 2. The Labute approximate surface area is 150 Å². The number of aromatic nitrogens is 2. The van der Waals surface area contributed by atoms with Gasteiger partial charge in [0, 0.05) is 16.5 Å². The van der Waals surface area contributed by atoms with E-state index in [-0.39, 0.29) is 5.41 Å². The minimum absolute atomic E-state index is 0.0386. The fraction of sp³-hybridized carbons (Fsp3) is 0.304. The van der Waals surface area contributed by atoms with Gasteiger partial charge in [0.2, 0.25) is 0 Å². The maximum absolute atomic E-state index is 4.78. The van der Waals surface area contributed by atoms with Gasteiger partial charge in [-0.3, -0.25) is 0 Å². The molecule has 2 aromatic carbocycles. The van der Waals surface area contributed by atoms with Crippen LogP contribution in [0.4, 0.5) is 0 Å². The summed E-state index contributed by atoms with van der Waals surface area (Å²) in [5.41, 5.74) is 8.82. The highest BCUT2D eigenvalue weighted by Gasteiger charge is 2.36. The molecule has 0 amide bonds. The zero-order chi connectivity index (χ0) is 17.4. The van der Waals surface area contributed by atoms with E-state index in [0.29, 0.717) is 0 Å². The maximum Gasteiger partial charge on any atom is 0.116 e. The third-order valence-corrected chi connectivity index (χ3v) is 5.70. The van der Waals surface area contributed by atoms with Gasteiger partial charge in [-0.05, 0) is 56.7 Å². The Balaban J connectivity index is 1.95. The first kappa shape index (κ1) is 16.0. The molecule has 2 heteroatoms. The summed E-state index contributed by atoms with van der Waals surface area (Å²) in [4.78, 5) is 9.52. The lowest BCUT2D eigenvalue weighted by Gasteiger charge is -2.36. The number of benzene rings is 2. The molecule has 3 aromatic rings. The molecule has 0 saturated carbocycles. The third kappa shape index (κ3) is 2.57. The molecule has 4 rings (SSSR count). The summed E-state index contributed by atoms with van der Waals surface area (Å²) in [6.45, 7) is 6.69. The van der Waals surface area contributed by atoms with Crippen molar-refractivity contribution in [1.29, 1.82) is 0 Å². The van der Waals surface area contributed by atoms with Crippen LogP contribution in [0.15, 0.2) is 54.9 Å². The maximum atomic E-state index is 4.78. The summed E-state index contributed by atoms with van der Waals surface area (Å²) >= 11 is 0. The second-order valence-corrected chi connectivity index (χ2v) is 7.37. The van der Waals surface area contributed by atoms with Gasteiger partial charge in [0.15, 0.2) is 0 Å². The van der Waals surface area contributed by atoms with E-state index in [1.165, 1.54) is 39.9 Å². The molecule has 2 nitrogen and oxygen atoms in total. The second kappa shape index (κ2) is 6.11. The first-order valence-corrected chi connectivity index (χ1v) is 9.08. The molecule has 25 heavy (non-hydrogen) atoms. The fourth-order valence-electron chi connectivity index (χ4n) is 4.35. The van der Waals surface area contributed by atoms with Crippen LogP contribution in [0.25, 0.3) is 11.3 Å². The molecule has 0 spiro atoms. The summed E-state index contributed by atoms with van der Waals surface area (Å²) in [5.74, 6) is 0. The zero-order valence-electron chi connectivity index (χ0n) is 15.2. The van der Waals surface area contributed by atoms with E-state index in [9.17, 15) is 0 Å². The van der Waals surface area contributed by atoms with Crippen molar-refractivity contribution in [3.05, 3.63) is 82.8 Å². The molecule has 1 atom stereocenters. The van der Waals surface area contributed by atoms with Crippen LogP contribution < -0.4 is 0 Å². The van der Waals surface area contributed by atoms with Crippen LogP contribution in [0.2, 0.25) is 0 Å². The van der Waals surface area contributed by atoms with Gasteiger partial charge < -0.3 is 0 Å². The topological polar surface area (TPSA) is 25.8 Å². The first-order chi connectivity index (χ1) is 12.1. The predicted molar refractivity (Wildman–Crippen MR) is 103 cm³/mol. The molecule has 0 N–H and O–H groups in total. The first-order valence-electron chi connectivity index (χ1n) is 9.08. The Hall–Kier alpha value is -2.48. The smallest absolute Gasteiger partial charge is 0.116 e. The van der Waals surface area contributed by atoms with Crippen molar-refractivity contribution in [1.82, 2.24) is 9.97 Å². The van der Waals surface area contributed by atoms with Crippen molar-refractivity contribution < 1.29 is 0 Å². The molecular weight excluding hydrogens is 304 g/mol. The lowest BCUT2D eigenvalue weighted by Crippen LogP contribution is -2.31. The van der Waals surface area contributed by atoms with Crippen molar-refractivity contribution in [2.24, 2.45) is 0 Å².